The van der Waals surface area contributed by atoms with E-state index in [1.54, 1.807) is 13.8 Å². The average molecular weight is 214 g/mol. The van der Waals surface area contributed by atoms with Crippen LogP contribution in [0.25, 0.3) is 0 Å². The molecule has 0 aromatic rings. The first-order valence-corrected chi connectivity index (χ1v) is 4.12. The molecule has 0 aliphatic heterocycles. The maximum Gasteiger partial charge on any atom is 1.00 e. The molecular formula is C8H15NaO5. The van der Waals surface area contributed by atoms with Crippen molar-refractivity contribution in [3.63, 3.8) is 0 Å². The molecule has 0 amide bonds. The van der Waals surface area contributed by atoms with Crippen LogP contribution in [0.2, 0.25) is 0 Å². The van der Waals surface area contributed by atoms with Gasteiger partial charge in [0, 0.05) is 0 Å². The molecule has 6 heteroatoms. The van der Waals surface area contributed by atoms with Crippen LogP contribution in [0.3, 0.4) is 0 Å². The van der Waals surface area contributed by atoms with Crippen LogP contribution in [0.1, 0.15) is 21.7 Å². The Morgan fingerprint density at radius 3 is 2.21 bits per heavy atom. The number of carbonyl (C=O) groups is 2. The van der Waals surface area contributed by atoms with Gasteiger partial charge in [0.15, 0.2) is 6.10 Å². The van der Waals surface area contributed by atoms with Gasteiger partial charge in [0.1, 0.15) is 0 Å². The average Bonchev–Trinajstić information content (AvgIpc) is 2.05. The number of rotatable bonds is 5. The van der Waals surface area contributed by atoms with Gasteiger partial charge in [0.05, 0.1) is 19.6 Å². The monoisotopic (exact) mass is 214 g/mol. The van der Waals surface area contributed by atoms with Gasteiger partial charge in [-0.2, -0.15) is 0 Å². The third-order valence-electron chi connectivity index (χ3n) is 1.22. The molecule has 1 unspecified atom stereocenters. The van der Waals surface area contributed by atoms with Gasteiger partial charge >= 0.3 is 41.5 Å². The van der Waals surface area contributed by atoms with Crippen LogP contribution in [0.4, 0.5) is 0 Å². The van der Waals surface area contributed by atoms with Crippen molar-refractivity contribution in [2.24, 2.45) is 0 Å². The molecule has 14 heavy (non-hydrogen) atoms. The van der Waals surface area contributed by atoms with Crippen molar-refractivity contribution >= 4 is 11.9 Å². The molecule has 78 valence electrons. The van der Waals surface area contributed by atoms with Gasteiger partial charge < -0.3 is 16.0 Å². The summed E-state index contributed by atoms with van der Waals surface area (Å²) in [6, 6.07) is 0. The Morgan fingerprint density at radius 2 is 1.79 bits per heavy atom. The SMILES string of the molecule is CCOC(=O)CC(O)C(=O)OCC.[H-].[Na+]. The predicted octanol–water partition coefficient (Wildman–Crippen LogP) is -3.02. The van der Waals surface area contributed by atoms with E-state index in [9.17, 15) is 9.59 Å². The molecule has 0 aromatic heterocycles. The quantitative estimate of drug-likeness (QED) is 0.389. The molecule has 0 aromatic carbocycles. The van der Waals surface area contributed by atoms with E-state index in [2.05, 4.69) is 9.47 Å². The molecule has 0 spiro atoms. The third kappa shape index (κ3) is 7.32. The van der Waals surface area contributed by atoms with Crippen molar-refractivity contribution in [1.82, 2.24) is 0 Å². The van der Waals surface area contributed by atoms with Crippen LogP contribution < -0.4 is 29.6 Å². The maximum atomic E-state index is 10.8. The first kappa shape index (κ1) is 16.3. The summed E-state index contributed by atoms with van der Waals surface area (Å²) in [6.45, 7) is 3.68. The summed E-state index contributed by atoms with van der Waals surface area (Å²) in [5, 5.41) is 9.07. The van der Waals surface area contributed by atoms with Crippen molar-refractivity contribution in [2.75, 3.05) is 13.2 Å². The Kier molecular flexibility index (Phi) is 11.0. The Morgan fingerprint density at radius 1 is 1.29 bits per heavy atom. The zero-order valence-corrected chi connectivity index (χ0v) is 10.8. The number of hydrogen-bond acceptors (Lipinski definition) is 5. The van der Waals surface area contributed by atoms with Crippen molar-refractivity contribution < 1.29 is 55.2 Å². The molecule has 5 nitrogen and oxygen atoms in total. The van der Waals surface area contributed by atoms with Gasteiger partial charge in [-0.15, -0.1) is 0 Å². The van der Waals surface area contributed by atoms with Gasteiger partial charge in [-0.05, 0) is 13.8 Å². The summed E-state index contributed by atoms with van der Waals surface area (Å²) in [7, 11) is 0. The Hall–Kier alpha value is -0.100. The second-order valence-electron chi connectivity index (χ2n) is 2.28. The number of aliphatic hydroxyl groups is 1. The van der Waals surface area contributed by atoms with Gasteiger partial charge in [-0.3, -0.25) is 4.79 Å². The number of ether oxygens (including phenoxy) is 2. The first-order valence-electron chi connectivity index (χ1n) is 4.12. The van der Waals surface area contributed by atoms with Crippen LogP contribution >= 0.6 is 0 Å². The summed E-state index contributed by atoms with van der Waals surface area (Å²) in [5.74, 6) is -1.40. The van der Waals surface area contributed by atoms with E-state index in [0.717, 1.165) is 0 Å². The van der Waals surface area contributed by atoms with E-state index in [-0.39, 0.29) is 50.6 Å². The fourth-order valence-corrected chi connectivity index (χ4v) is 0.700. The maximum absolute atomic E-state index is 10.8. The molecule has 1 N–H and O–H groups in total. The number of carbonyl (C=O) groups excluding carboxylic acids is 2. The molecule has 0 aliphatic carbocycles. The van der Waals surface area contributed by atoms with E-state index < -0.39 is 18.0 Å². The summed E-state index contributed by atoms with van der Waals surface area (Å²) >= 11 is 0. The minimum absolute atomic E-state index is 0. The Bertz CT molecular complexity index is 188. The molecule has 0 rings (SSSR count). The molecule has 0 saturated heterocycles. The van der Waals surface area contributed by atoms with E-state index in [4.69, 9.17) is 5.11 Å². The van der Waals surface area contributed by atoms with Crippen molar-refractivity contribution in [3.05, 3.63) is 0 Å². The smallest absolute Gasteiger partial charge is 1.00 e. The molecule has 1 atom stereocenters. The second kappa shape index (κ2) is 9.45. The van der Waals surface area contributed by atoms with Gasteiger partial charge in [-0.1, -0.05) is 0 Å². The van der Waals surface area contributed by atoms with Crippen LogP contribution in [0, 0.1) is 0 Å². The summed E-state index contributed by atoms with van der Waals surface area (Å²) in [4.78, 5) is 21.6. The minimum Gasteiger partial charge on any atom is -1.00 e. The van der Waals surface area contributed by atoms with Crippen molar-refractivity contribution in [1.29, 1.82) is 0 Å². The Balaban J connectivity index is -0.000000720. The van der Waals surface area contributed by atoms with E-state index in [0.29, 0.717) is 0 Å². The second-order valence-corrected chi connectivity index (χ2v) is 2.28. The van der Waals surface area contributed by atoms with Crippen LogP contribution in [-0.2, 0) is 19.1 Å². The topological polar surface area (TPSA) is 72.8 Å². The summed E-state index contributed by atoms with van der Waals surface area (Å²) < 4.78 is 9.02. The molecule has 0 fully saturated rings. The zero-order valence-electron chi connectivity index (χ0n) is 9.78. The van der Waals surface area contributed by atoms with E-state index >= 15 is 0 Å². The molecule has 0 bridgehead atoms. The van der Waals surface area contributed by atoms with Gasteiger partial charge in [0.25, 0.3) is 0 Å². The molecule has 0 heterocycles. The van der Waals surface area contributed by atoms with Crippen molar-refractivity contribution in [2.45, 2.75) is 26.4 Å². The summed E-state index contributed by atoms with van der Waals surface area (Å²) in [6.07, 6.45) is -1.77. The van der Waals surface area contributed by atoms with Gasteiger partial charge in [-0.25, -0.2) is 4.79 Å². The van der Waals surface area contributed by atoms with Gasteiger partial charge in [0.2, 0.25) is 0 Å². The molecule has 0 saturated carbocycles. The largest absolute Gasteiger partial charge is 1.00 e. The fraction of sp³-hybridized carbons (Fsp3) is 0.750. The predicted molar refractivity (Wildman–Crippen MR) is 45.0 cm³/mol. The number of hydrogen-bond donors (Lipinski definition) is 1. The number of esters is 2. The standard InChI is InChI=1S/C8H14O5.Na.H/c1-3-12-7(10)5-6(9)8(11)13-4-2;;/h6,9H,3-5H2,1-2H3;;/q;+1;-1. The summed E-state index contributed by atoms with van der Waals surface area (Å²) in [5.41, 5.74) is 0. The fourth-order valence-electron chi connectivity index (χ4n) is 0.700. The van der Waals surface area contributed by atoms with Crippen molar-refractivity contribution in [3.8, 4) is 0 Å². The normalized spacial score (nSPS) is 11.1. The van der Waals surface area contributed by atoms with Crippen LogP contribution in [0.15, 0.2) is 0 Å². The van der Waals surface area contributed by atoms with E-state index in [1.807, 2.05) is 0 Å². The van der Waals surface area contributed by atoms with E-state index in [1.165, 1.54) is 0 Å². The number of aliphatic hydroxyl groups excluding tert-OH is 1. The van der Waals surface area contributed by atoms with Crippen LogP contribution in [0.5, 0.6) is 0 Å². The molecule has 0 radical (unpaired) electrons. The molecular weight excluding hydrogens is 199 g/mol. The first-order chi connectivity index (χ1) is 6.11. The third-order valence-corrected chi connectivity index (χ3v) is 1.22. The zero-order chi connectivity index (χ0) is 10.3. The van der Waals surface area contributed by atoms with Crippen LogP contribution in [-0.4, -0.2) is 36.4 Å². The minimum atomic E-state index is -1.42. The molecule has 0 aliphatic rings. The Labute approximate surface area is 107 Å².